The fourth-order valence-electron chi connectivity index (χ4n) is 4.27. The highest BCUT2D eigenvalue weighted by molar-refractivity contribution is 7.09. The van der Waals surface area contributed by atoms with E-state index in [-0.39, 0.29) is 24.5 Å². The monoisotopic (exact) mass is 537 g/mol. The van der Waals surface area contributed by atoms with Gasteiger partial charge in [0.2, 0.25) is 5.91 Å². The van der Waals surface area contributed by atoms with Gasteiger partial charge in [0.05, 0.1) is 20.8 Å². The van der Waals surface area contributed by atoms with Crippen LogP contribution in [0.25, 0.3) is 0 Å². The van der Waals surface area contributed by atoms with Crippen molar-refractivity contribution >= 4 is 29.0 Å². The lowest BCUT2D eigenvalue weighted by molar-refractivity contribution is -0.132. The fraction of sp³-hybridized carbons (Fsp3) is 0.400. The molecule has 0 fully saturated rings. The Balaban J connectivity index is 1.78. The first-order valence-electron chi connectivity index (χ1n) is 12.9. The summed E-state index contributed by atoms with van der Waals surface area (Å²) in [6.45, 7) is 8.95. The molecule has 7 nitrogen and oxygen atoms in total. The third-order valence-electron chi connectivity index (χ3n) is 6.80. The van der Waals surface area contributed by atoms with Crippen molar-refractivity contribution < 1.29 is 19.1 Å². The summed E-state index contributed by atoms with van der Waals surface area (Å²) in [6, 6.07) is 15.4. The van der Waals surface area contributed by atoms with Crippen molar-refractivity contribution in [1.82, 2.24) is 9.80 Å². The molecule has 0 bridgehead atoms. The zero-order valence-corrected chi connectivity index (χ0v) is 24.1. The average Bonchev–Trinajstić information content (AvgIpc) is 3.44. The van der Waals surface area contributed by atoms with Gasteiger partial charge in [-0.25, -0.2) is 4.79 Å². The molecule has 3 aromatic rings. The number of thiophene rings is 1. The van der Waals surface area contributed by atoms with E-state index < -0.39 is 0 Å². The number of benzene rings is 2. The van der Waals surface area contributed by atoms with Gasteiger partial charge in [-0.3, -0.25) is 4.79 Å². The maximum absolute atomic E-state index is 13.7. The Hall–Kier alpha value is -3.52. The largest absolute Gasteiger partial charge is 0.493 e. The lowest BCUT2D eigenvalue weighted by Gasteiger charge is -2.31. The number of nitrogens with one attached hydrogen (secondary N) is 1. The zero-order valence-electron chi connectivity index (χ0n) is 23.2. The number of aryl methyl sites for hydroxylation is 2. The van der Waals surface area contributed by atoms with E-state index in [0.717, 1.165) is 33.7 Å². The van der Waals surface area contributed by atoms with Gasteiger partial charge in [0, 0.05) is 23.2 Å². The lowest BCUT2D eigenvalue weighted by Crippen LogP contribution is -2.48. The molecule has 3 rings (SSSR count). The van der Waals surface area contributed by atoms with Crippen LogP contribution in [0.3, 0.4) is 0 Å². The topological polar surface area (TPSA) is 71.1 Å². The van der Waals surface area contributed by atoms with Gasteiger partial charge in [-0.05, 0) is 73.9 Å². The van der Waals surface area contributed by atoms with Crippen LogP contribution in [0.2, 0.25) is 0 Å². The minimum Gasteiger partial charge on any atom is -0.493 e. The maximum Gasteiger partial charge on any atom is 0.322 e. The van der Waals surface area contributed by atoms with Crippen LogP contribution in [0.4, 0.5) is 10.5 Å². The Morgan fingerprint density at radius 3 is 2.32 bits per heavy atom. The number of rotatable bonds is 12. The number of anilines is 1. The Kier molecular flexibility index (Phi) is 10.6. The highest BCUT2D eigenvalue weighted by Crippen LogP contribution is 2.28. The van der Waals surface area contributed by atoms with E-state index in [0.29, 0.717) is 31.0 Å². The van der Waals surface area contributed by atoms with E-state index in [1.54, 1.807) is 30.5 Å². The molecule has 38 heavy (non-hydrogen) atoms. The van der Waals surface area contributed by atoms with E-state index in [1.165, 1.54) is 0 Å². The molecule has 3 amide bonds. The van der Waals surface area contributed by atoms with Crippen LogP contribution in [0.1, 0.15) is 41.8 Å². The van der Waals surface area contributed by atoms with Crippen molar-refractivity contribution in [2.45, 2.75) is 53.1 Å². The van der Waals surface area contributed by atoms with Crippen molar-refractivity contribution in [2.75, 3.05) is 32.6 Å². The number of nitrogens with zero attached hydrogens (tertiary/aromatic N) is 2. The predicted molar refractivity (Wildman–Crippen MR) is 154 cm³/mol. The van der Waals surface area contributed by atoms with Crippen molar-refractivity contribution in [2.24, 2.45) is 0 Å². The second-order valence-electron chi connectivity index (χ2n) is 9.42. The zero-order chi connectivity index (χ0) is 27.7. The summed E-state index contributed by atoms with van der Waals surface area (Å²) in [6.07, 6.45) is 1.39. The highest BCUT2D eigenvalue weighted by Gasteiger charge is 2.26. The maximum atomic E-state index is 13.7. The number of ether oxygens (including phenoxy) is 2. The summed E-state index contributed by atoms with van der Waals surface area (Å²) in [5, 5.41) is 5.07. The molecule has 1 aromatic heterocycles. The Bertz CT molecular complexity index is 1190. The quantitative estimate of drug-likeness (QED) is 0.295. The van der Waals surface area contributed by atoms with Crippen LogP contribution in [0, 0.1) is 13.8 Å². The standard InChI is InChI=1S/C30H39N3O4S/c1-7-23(4)33(30(35)31-29-21(2)10-8-11-22(29)3)20-28(34)32(19-25-12-9-17-38-25)16-15-24-13-14-26(36-5)27(18-24)37-6/h8-14,17-18,23H,7,15-16,19-20H2,1-6H3,(H,31,35). The van der Waals surface area contributed by atoms with Crippen molar-refractivity contribution in [3.8, 4) is 11.5 Å². The summed E-state index contributed by atoms with van der Waals surface area (Å²) in [5.74, 6) is 1.24. The summed E-state index contributed by atoms with van der Waals surface area (Å²) in [5.41, 5.74) is 3.81. The molecular formula is C30H39N3O4S. The van der Waals surface area contributed by atoms with E-state index in [2.05, 4.69) is 5.32 Å². The number of hydrogen-bond acceptors (Lipinski definition) is 5. The molecule has 0 saturated carbocycles. The lowest BCUT2D eigenvalue weighted by atomic mass is 10.1. The summed E-state index contributed by atoms with van der Waals surface area (Å²) in [7, 11) is 3.22. The number of methoxy groups -OCH3 is 2. The number of carbonyl (C=O) groups excluding carboxylic acids is 2. The molecule has 1 atom stereocenters. The van der Waals surface area contributed by atoms with E-state index in [4.69, 9.17) is 9.47 Å². The number of carbonyl (C=O) groups is 2. The van der Waals surface area contributed by atoms with Crippen molar-refractivity contribution in [3.63, 3.8) is 0 Å². The molecular weight excluding hydrogens is 498 g/mol. The predicted octanol–water partition coefficient (Wildman–Crippen LogP) is 6.29. The highest BCUT2D eigenvalue weighted by atomic mass is 32.1. The summed E-state index contributed by atoms with van der Waals surface area (Å²) < 4.78 is 10.8. The summed E-state index contributed by atoms with van der Waals surface area (Å²) in [4.78, 5) is 31.7. The minimum atomic E-state index is -0.263. The van der Waals surface area contributed by atoms with Crippen LogP contribution in [-0.2, 0) is 17.8 Å². The normalized spacial score (nSPS) is 11.5. The molecule has 2 aromatic carbocycles. The average molecular weight is 538 g/mol. The molecule has 1 unspecified atom stereocenters. The second-order valence-corrected chi connectivity index (χ2v) is 10.4. The Labute approximate surface area is 230 Å². The first kappa shape index (κ1) is 29.0. The third-order valence-corrected chi connectivity index (χ3v) is 7.66. The number of para-hydroxylation sites is 1. The van der Waals surface area contributed by atoms with Gasteiger partial charge in [0.25, 0.3) is 0 Å². The van der Waals surface area contributed by atoms with Crippen LogP contribution < -0.4 is 14.8 Å². The minimum absolute atomic E-state index is 0.00305. The van der Waals surface area contributed by atoms with Crippen LogP contribution in [0.15, 0.2) is 53.9 Å². The molecule has 0 spiro atoms. The Morgan fingerprint density at radius 1 is 1.00 bits per heavy atom. The second kappa shape index (κ2) is 13.9. The van der Waals surface area contributed by atoms with E-state index in [1.807, 2.05) is 86.5 Å². The van der Waals surface area contributed by atoms with Crippen molar-refractivity contribution in [3.05, 3.63) is 75.5 Å². The van der Waals surface area contributed by atoms with Crippen LogP contribution in [0.5, 0.6) is 11.5 Å². The number of amides is 3. The van der Waals surface area contributed by atoms with Gasteiger partial charge in [-0.1, -0.05) is 37.3 Å². The van der Waals surface area contributed by atoms with Gasteiger partial charge in [-0.2, -0.15) is 0 Å². The molecule has 1 heterocycles. The first-order chi connectivity index (χ1) is 18.3. The molecule has 204 valence electrons. The third kappa shape index (κ3) is 7.51. The Morgan fingerprint density at radius 2 is 1.71 bits per heavy atom. The van der Waals surface area contributed by atoms with Gasteiger partial charge in [0.15, 0.2) is 11.5 Å². The molecule has 8 heteroatoms. The summed E-state index contributed by atoms with van der Waals surface area (Å²) >= 11 is 1.62. The van der Waals surface area contributed by atoms with Gasteiger partial charge in [0.1, 0.15) is 6.54 Å². The smallest absolute Gasteiger partial charge is 0.322 e. The number of hydrogen-bond donors (Lipinski definition) is 1. The van der Waals surface area contributed by atoms with Crippen molar-refractivity contribution in [1.29, 1.82) is 0 Å². The molecule has 0 radical (unpaired) electrons. The molecule has 0 aliphatic rings. The molecule has 1 N–H and O–H groups in total. The van der Waals surface area contributed by atoms with Gasteiger partial charge in [-0.15, -0.1) is 11.3 Å². The van der Waals surface area contributed by atoms with Gasteiger partial charge >= 0.3 is 6.03 Å². The molecule has 0 saturated heterocycles. The number of urea groups is 1. The first-order valence-corrected chi connectivity index (χ1v) is 13.8. The molecule has 0 aliphatic carbocycles. The van der Waals surface area contributed by atoms with Gasteiger partial charge < -0.3 is 24.6 Å². The SMILES string of the molecule is CCC(C)N(CC(=O)N(CCc1ccc(OC)c(OC)c1)Cc1cccs1)C(=O)Nc1c(C)cccc1C. The molecule has 0 aliphatic heterocycles. The fourth-order valence-corrected chi connectivity index (χ4v) is 4.99. The van der Waals surface area contributed by atoms with Crippen LogP contribution >= 0.6 is 11.3 Å². The van der Waals surface area contributed by atoms with E-state index in [9.17, 15) is 9.59 Å². The van der Waals surface area contributed by atoms with Crippen LogP contribution in [-0.4, -0.2) is 55.1 Å². The van der Waals surface area contributed by atoms with E-state index >= 15 is 0 Å².